The minimum atomic E-state index is 0.0288. The molecule has 1 amide bonds. The topological polar surface area (TPSA) is 20.3 Å². The van der Waals surface area contributed by atoms with Gasteiger partial charge in [0.2, 0.25) is 0 Å². The van der Waals surface area contributed by atoms with Gasteiger partial charge < -0.3 is 4.90 Å². The van der Waals surface area contributed by atoms with Gasteiger partial charge in [0.15, 0.2) is 0 Å². The highest BCUT2D eigenvalue weighted by Crippen LogP contribution is 2.30. The van der Waals surface area contributed by atoms with Crippen molar-refractivity contribution in [3.63, 3.8) is 0 Å². The van der Waals surface area contributed by atoms with Crippen LogP contribution in [0.15, 0.2) is 43.0 Å². The minimum absolute atomic E-state index is 0.0288. The molecule has 15 heavy (non-hydrogen) atoms. The van der Waals surface area contributed by atoms with Crippen molar-refractivity contribution in [1.82, 2.24) is 4.90 Å². The summed E-state index contributed by atoms with van der Waals surface area (Å²) in [5, 5.41) is 0.0739. The number of carbonyl (C=O) groups is 1. The lowest BCUT2D eigenvalue weighted by Crippen LogP contribution is -2.17. The normalized spacial score (nSPS) is 11.9. The highest BCUT2D eigenvalue weighted by molar-refractivity contribution is 8.13. The monoisotopic (exact) mass is 221 g/mol. The van der Waals surface area contributed by atoms with Gasteiger partial charge in [0.05, 0.1) is 5.25 Å². The third kappa shape index (κ3) is 3.44. The summed E-state index contributed by atoms with van der Waals surface area (Å²) in [7, 11) is 3.50. The fourth-order valence-electron chi connectivity index (χ4n) is 1.11. The second kappa shape index (κ2) is 5.61. The Morgan fingerprint density at radius 3 is 2.47 bits per heavy atom. The zero-order valence-electron chi connectivity index (χ0n) is 9.01. The minimum Gasteiger partial charge on any atom is -0.340 e. The summed E-state index contributed by atoms with van der Waals surface area (Å²) >= 11 is 1.27. The molecule has 0 aliphatic carbocycles. The van der Waals surface area contributed by atoms with E-state index in [0.29, 0.717) is 0 Å². The maximum atomic E-state index is 11.5. The van der Waals surface area contributed by atoms with Crippen LogP contribution in [0.2, 0.25) is 0 Å². The zero-order valence-corrected chi connectivity index (χ0v) is 9.83. The lowest BCUT2D eigenvalue weighted by atomic mass is 10.1. The Morgan fingerprint density at radius 2 is 2.00 bits per heavy atom. The van der Waals surface area contributed by atoms with Crippen molar-refractivity contribution in [3.8, 4) is 0 Å². The molecule has 0 bridgehead atoms. The summed E-state index contributed by atoms with van der Waals surface area (Å²) in [6.45, 7) is 3.76. The van der Waals surface area contributed by atoms with Crippen LogP contribution in [-0.2, 0) is 0 Å². The Hall–Kier alpha value is -1.22. The van der Waals surface area contributed by atoms with Crippen LogP contribution in [0.1, 0.15) is 10.8 Å². The number of nitrogens with zero attached hydrogens (tertiary/aromatic N) is 1. The van der Waals surface area contributed by atoms with Crippen LogP contribution in [-0.4, -0.2) is 24.2 Å². The van der Waals surface area contributed by atoms with Crippen LogP contribution in [0.5, 0.6) is 0 Å². The van der Waals surface area contributed by atoms with E-state index in [-0.39, 0.29) is 10.5 Å². The van der Waals surface area contributed by atoms with E-state index in [1.54, 1.807) is 25.1 Å². The number of hydrogen-bond donors (Lipinski definition) is 0. The Kier molecular flexibility index (Phi) is 4.43. The quantitative estimate of drug-likeness (QED) is 0.730. The molecule has 0 aromatic heterocycles. The SMILES string of the molecule is C=CC(SC(=O)N(C)C)c1ccccc1. The molecule has 3 heteroatoms. The fraction of sp³-hybridized carbons (Fsp3) is 0.250. The molecule has 1 atom stereocenters. The van der Waals surface area contributed by atoms with Gasteiger partial charge in [-0.1, -0.05) is 48.2 Å². The molecular weight excluding hydrogens is 206 g/mol. The molecule has 0 saturated carbocycles. The summed E-state index contributed by atoms with van der Waals surface area (Å²) in [6.07, 6.45) is 1.79. The fourth-order valence-corrected chi connectivity index (χ4v) is 1.93. The number of benzene rings is 1. The lowest BCUT2D eigenvalue weighted by molar-refractivity contribution is 0.241. The predicted octanol–water partition coefficient (Wildman–Crippen LogP) is 3.33. The second-order valence-electron chi connectivity index (χ2n) is 3.35. The third-order valence-corrected chi connectivity index (χ3v) is 3.22. The van der Waals surface area contributed by atoms with Gasteiger partial charge in [-0.2, -0.15) is 0 Å². The van der Waals surface area contributed by atoms with Crippen molar-refractivity contribution >= 4 is 17.0 Å². The molecule has 80 valence electrons. The predicted molar refractivity (Wildman–Crippen MR) is 66.1 cm³/mol. The molecule has 2 nitrogen and oxygen atoms in total. The van der Waals surface area contributed by atoms with Crippen molar-refractivity contribution in [1.29, 1.82) is 0 Å². The summed E-state index contributed by atoms with van der Waals surface area (Å²) in [6, 6.07) is 9.89. The highest BCUT2D eigenvalue weighted by atomic mass is 32.2. The number of thioether (sulfide) groups is 1. The van der Waals surface area contributed by atoms with Gasteiger partial charge in [-0.15, -0.1) is 6.58 Å². The first-order valence-electron chi connectivity index (χ1n) is 4.70. The number of rotatable bonds is 3. The first kappa shape index (κ1) is 11.9. The summed E-state index contributed by atoms with van der Waals surface area (Å²) < 4.78 is 0. The zero-order chi connectivity index (χ0) is 11.3. The lowest BCUT2D eigenvalue weighted by Gasteiger charge is -2.15. The molecule has 0 N–H and O–H groups in total. The summed E-state index contributed by atoms with van der Waals surface area (Å²) in [5.41, 5.74) is 1.10. The first-order valence-corrected chi connectivity index (χ1v) is 5.58. The average Bonchev–Trinajstić information content (AvgIpc) is 2.26. The Morgan fingerprint density at radius 1 is 1.40 bits per heavy atom. The van der Waals surface area contributed by atoms with E-state index < -0.39 is 0 Å². The maximum Gasteiger partial charge on any atom is 0.282 e. The molecule has 0 spiro atoms. The van der Waals surface area contributed by atoms with Crippen LogP contribution in [0.4, 0.5) is 4.79 Å². The van der Waals surface area contributed by atoms with E-state index in [9.17, 15) is 4.79 Å². The molecule has 0 heterocycles. The molecule has 0 saturated heterocycles. The average molecular weight is 221 g/mol. The Balaban J connectivity index is 2.73. The summed E-state index contributed by atoms with van der Waals surface area (Å²) in [4.78, 5) is 13.1. The van der Waals surface area contributed by atoms with Crippen LogP contribution in [0.25, 0.3) is 0 Å². The van der Waals surface area contributed by atoms with E-state index in [1.807, 2.05) is 30.3 Å². The molecule has 0 aliphatic rings. The van der Waals surface area contributed by atoms with Crippen molar-refractivity contribution in [2.75, 3.05) is 14.1 Å². The number of hydrogen-bond acceptors (Lipinski definition) is 2. The Bertz CT molecular complexity index is 335. The van der Waals surface area contributed by atoms with Gasteiger partial charge in [-0.05, 0) is 5.56 Å². The number of amides is 1. The van der Waals surface area contributed by atoms with Crippen LogP contribution in [0, 0.1) is 0 Å². The second-order valence-corrected chi connectivity index (χ2v) is 4.44. The van der Waals surface area contributed by atoms with Crippen LogP contribution in [0.3, 0.4) is 0 Å². The van der Waals surface area contributed by atoms with E-state index in [4.69, 9.17) is 0 Å². The molecule has 0 fully saturated rings. The summed E-state index contributed by atoms with van der Waals surface area (Å²) in [5.74, 6) is 0. The van der Waals surface area contributed by atoms with E-state index in [0.717, 1.165) is 5.56 Å². The molecule has 1 rings (SSSR count). The van der Waals surface area contributed by atoms with Crippen LogP contribution < -0.4 is 0 Å². The molecular formula is C12H15NOS. The van der Waals surface area contributed by atoms with E-state index >= 15 is 0 Å². The van der Waals surface area contributed by atoms with Crippen molar-refractivity contribution in [2.45, 2.75) is 5.25 Å². The van der Waals surface area contributed by atoms with E-state index in [2.05, 4.69) is 6.58 Å². The standard InChI is InChI=1S/C12H15NOS/c1-4-11(15-12(14)13(2)3)10-8-6-5-7-9-10/h4-9,11H,1H2,2-3H3. The van der Waals surface area contributed by atoms with Gasteiger partial charge in [0.1, 0.15) is 0 Å². The van der Waals surface area contributed by atoms with Gasteiger partial charge in [-0.25, -0.2) is 0 Å². The van der Waals surface area contributed by atoms with Crippen LogP contribution >= 0.6 is 11.8 Å². The Labute approximate surface area is 95.0 Å². The molecule has 1 aromatic carbocycles. The smallest absolute Gasteiger partial charge is 0.282 e. The van der Waals surface area contributed by atoms with Crippen molar-refractivity contribution in [2.24, 2.45) is 0 Å². The largest absolute Gasteiger partial charge is 0.340 e. The van der Waals surface area contributed by atoms with Gasteiger partial charge >= 0.3 is 0 Å². The van der Waals surface area contributed by atoms with Gasteiger partial charge in [0.25, 0.3) is 5.24 Å². The highest BCUT2D eigenvalue weighted by Gasteiger charge is 2.14. The molecule has 0 radical (unpaired) electrons. The maximum absolute atomic E-state index is 11.5. The first-order chi connectivity index (χ1) is 7.15. The van der Waals surface area contributed by atoms with Gasteiger partial charge in [0, 0.05) is 14.1 Å². The molecule has 0 aliphatic heterocycles. The molecule has 1 aromatic rings. The van der Waals surface area contributed by atoms with E-state index in [1.165, 1.54) is 11.8 Å². The van der Waals surface area contributed by atoms with Crippen molar-refractivity contribution < 1.29 is 4.79 Å². The van der Waals surface area contributed by atoms with Crippen molar-refractivity contribution in [3.05, 3.63) is 48.6 Å². The third-order valence-electron chi connectivity index (χ3n) is 1.94. The molecule has 1 unspecified atom stereocenters. The van der Waals surface area contributed by atoms with Gasteiger partial charge in [-0.3, -0.25) is 4.79 Å². The number of carbonyl (C=O) groups excluding carboxylic acids is 1.